The van der Waals surface area contributed by atoms with Gasteiger partial charge in [-0.2, -0.15) is 16.1 Å². The van der Waals surface area contributed by atoms with Crippen LogP contribution in [0.15, 0.2) is 0 Å². The van der Waals surface area contributed by atoms with Crippen molar-refractivity contribution in [3.8, 4) is 0 Å². The fraction of sp³-hybridized carbons (Fsp3) is 0.636. The highest BCUT2D eigenvalue weighted by Gasteiger charge is 2.25. The van der Waals surface area contributed by atoms with E-state index in [1.54, 1.807) is 6.92 Å². The molecule has 0 spiro atoms. The Bertz CT molecular complexity index is 414. The molecule has 0 unspecified atom stereocenters. The molecule has 5 nitrogen and oxygen atoms in total. The van der Waals surface area contributed by atoms with Crippen molar-refractivity contribution in [3.63, 3.8) is 0 Å². The van der Waals surface area contributed by atoms with Gasteiger partial charge in [-0.3, -0.25) is 0 Å². The van der Waals surface area contributed by atoms with E-state index in [2.05, 4.69) is 9.27 Å². The Morgan fingerprint density at radius 3 is 3.11 bits per heavy atom. The van der Waals surface area contributed by atoms with Crippen LogP contribution < -0.4 is 10.6 Å². The Kier molecular flexibility index (Phi) is 4.71. The molecule has 1 aromatic heterocycles. The van der Waals surface area contributed by atoms with E-state index in [0.717, 1.165) is 30.3 Å². The Morgan fingerprint density at radius 1 is 1.50 bits per heavy atom. The molecule has 1 aromatic rings. The highest BCUT2D eigenvalue weighted by Crippen LogP contribution is 2.32. The van der Waals surface area contributed by atoms with Crippen LogP contribution in [-0.4, -0.2) is 41.5 Å². The predicted molar refractivity (Wildman–Crippen MR) is 76.6 cm³/mol. The number of rotatable bonds is 3. The molecular formula is C11H17N3O2S2. The average molecular weight is 287 g/mol. The summed E-state index contributed by atoms with van der Waals surface area (Å²) < 4.78 is 9.14. The van der Waals surface area contributed by atoms with Gasteiger partial charge >= 0.3 is 5.97 Å². The lowest BCUT2D eigenvalue weighted by Gasteiger charge is -2.20. The Hall–Kier alpha value is -0.950. The van der Waals surface area contributed by atoms with E-state index in [-0.39, 0.29) is 11.8 Å². The molecular weight excluding hydrogens is 270 g/mol. The molecule has 2 rings (SSSR count). The van der Waals surface area contributed by atoms with Gasteiger partial charge in [0.15, 0.2) is 5.82 Å². The number of thioether (sulfide) groups is 1. The SMILES string of the molecule is CCOC(=O)c1c(N)nsc1N1CCCSCC1. The summed E-state index contributed by atoms with van der Waals surface area (Å²) in [5.41, 5.74) is 6.22. The van der Waals surface area contributed by atoms with Crippen LogP contribution in [0, 0.1) is 0 Å². The second-order valence-corrected chi connectivity index (χ2v) is 5.90. The van der Waals surface area contributed by atoms with Crippen molar-refractivity contribution in [1.29, 1.82) is 0 Å². The van der Waals surface area contributed by atoms with Gasteiger partial charge in [-0.05, 0) is 30.6 Å². The van der Waals surface area contributed by atoms with E-state index in [1.807, 2.05) is 11.8 Å². The molecule has 100 valence electrons. The molecule has 0 aromatic carbocycles. The Labute approximate surface area is 115 Å². The summed E-state index contributed by atoms with van der Waals surface area (Å²) in [7, 11) is 0. The van der Waals surface area contributed by atoms with Crippen LogP contribution in [0.4, 0.5) is 10.8 Å². The molecule has 0 aliphatic carbocycles. The summed E-state index contributed by atoms with van der Waals surface area (Å²) in [4.78, 5) is 14.1. The fourth-order valence-corrected chi connectivity index (χ4v) is 3.59. The van der Waals surface area contributed by atoms with Gasteiger partial charge in [0.1, 0.15) is 10.6 Å². The maximum atomic E-state index is 11.9. The number of hydrogen-bond donors (Lipinski definition) is 1. The molecule has 1 saturated heterocycles. The lowest BCUT2D eigenvalue weighted by atomic mass is 10.3. The number of nitrogens with two attached hydrogens (primary N) is 1. The predicted octanol–water partition coefficient (Wildman–Crippen LogP) is 1.85. The third-order valence-corrected chi connectivity index (χ3v) is 4.66. The van der Waals surface area contributed by atoms with Crippen LogP contribution >= 0.6 is 23.3 Å². The fourth-order valence-electron chi connectivity index (χ4n) is 1.85. The number of carbonyl (C=O) groups is 1. The lowest BCUT2D eigenvalue weighted by Crippen LogP contribution is -2.26. The molecule has 2 N–H and O–H groups in total. The topological polar surface area (TPSA) is 68.5 Å². The van der Waals surface area contributed by atoms with Gasteiger partial charge in [-0.25, -0.2) is 4.79 Å². The monoisotopic (exact) mass is 287 g/mol. The molecule has 0 radical (unpaired) electrons. The zero-order valence-corrected chi connectivity index (χ0v) is 12.0. The van der Waals surface area contributed by atoms with Crippen LogP contribution in [0.2, 0.25) is 0 Å². The van der Waals surface area contributed by atoms with Crippen molar-refractivity contribution in [3.05, 3.63) is 5.56 Å². The molecule has 0 atom stereocenters. The molecule has 2 heterocycles. The second kappa shape index (κ2) is 6.29. The standard InChI is InChI=1S/C11H17N3O2S2/c1-2-16-11(15)8-9(12)13-18-10(8)14-4-3-6-17-7-5-14/h2-7H2,1H3,(H2,12,13). The highest BCUT2D eigenvalue weighted by atomic mass is 32.2. The van der Waals surface area contributed by atoms with Crippen molar-refractivity contribution >= 4 is 40.1 Å². The number of hydrogen-bond acceptors (Lipinski definition) is 7. The zero-order chi connectivity index (χ0) is 13.0. The first-order chi connectivity index (χ1) is 8.74. The molecule has 18 heavy (non-hydrogen) atoms. The summed E-state index contributed by atoms with van der Waals surface area (Å²) in [6, 6.07) is 0. The maximum Gasteiger partial charge on any atom is 0.345 e. The minimum absolute atomic E-state index is 0.283. The Balaban J connectivity index is 2.23. The number of anilines is 2. The molecule has 0 saturated carbocycles. The minimum Gasteiger partial charge on any atom is -0.462 e. The van der Waals surface area contributed by atoms with Crippen LogP contribution in [0.1, 0.15) is 23.7 Å². The lowest BCUT2D eigenvalue weighted by molar-refractivity contribution is 0.0528. The summed E-state index contributed by atoms with van der Waals surface area (Å²) in [5, 5.41) is 0.855. The third-order valence-electron chi connectivity index (χ3n) is 2.69. The van der Waals surface area contributed by atoms with Gasteiger partial charge in [0, 0.05) is 18.8 Å². The number of carbonyl (C=O) groups excluding carboxylic acids is 1. The molecule has 1 fully saturated rings. The smallest absolute Gasteiger partial charge is 0.345 e. The summed E-state index contributed by atoms with van der Waals surface area (Å²) in [6.07, 6.45) is 1.12. The normalized spacial score (nSPS) is 16.4. The van der Waals surface area contributed by atoms with Crippen molar-refractivity contribution in [2.75, 3.05) is 41.8 Å². The summed E-state index contributed by atoms with van der Waals surface area (Å²) in [5.74, 6) is 2.15. The number of nitrogen functional groups attached to an aromatic ring is 1. The summed E-state index contributed by atoms with van der Waals surface area (Å²) in [6.45, 7) is 4.01. The quantitative estimate of drug-likeness (QED) is 0.856. The number of nitrogens with zero attached hydrogens (tertiary/aromatic N) is 2. The average Bonchev–Trinajstić information content (AvgIpc) is 2.58. The van der Waals surface area contributed by atoms with E-state index in [4.69, 9.17) is 10.5 Å². The van der Waals surface area contributed by atoms with E-state index >= 15 is 0 Å². The molecule has 1 aliphatic heterocycles. The van der Waals surface area contributed by atoms with Crippen LogP contribution in [0.25, 0.3) is 0 Å². The first-order valence-electron chi connectivity index (χ1n) is 5.99. The van der Waals surface area contributed by atoms with Crippen LogP contribution in [-0.2, 0) is 4.74 Å². The van der Waals surface area contributed by atoms with Crippen molar-refractivity contribution in [2.45, 2.75) is 13.3 Å². The van der Waals surface area contributed by atoms with Gasteiger partial charge in [-0.15, -0.1) is 0 Å². The van der Waals surface area contributed by atoms with Gasteiger partial charge in [0.05, 0.1) is 6.61 Å². The van der Waals surface area contributed by atoms with Crippen LogP contribution in [0.5, 0.6) is 0 Å². The van der Waals surface area contributed by atoms with E-state index in [0.29, 0.717) is 12.2 Å². The van der Waals surface area contributed by atoms with Gasteiger partial charge in [-0.1, -0.05) is 0 Å². The highest BCUT2D eigenvalue weighted by molar-refractivity contribution is 7.99. The van der Waals surface area contributed by atoms with Crippen molar-refractivity contribution in [1.82, 2.24) is 4.37 Å². The van der Waals surface area contributed by atoms with E-state index in [9.17, 15) is 4.79 Å². The molecule has 1 aliphatic rings. The number of esters is 1. The number of ether oxygens (including phenoxy) is 1. The van der Waals surface area contributed by atoms with Crippen molar-refractivity contribution < 1.29 is 9.53 Å². The molecule has 0 bridgehead atoms. The zero-order valence-electron chi connectivity index (χ0n) is 10.3. The van der Waals surface area contributed by atoms with Crippen molar-refractivity contribution in [2.24, 2.45) is 0 Å². The second-order valence-electron chi connectivity index (χ2n) is 3.92. The van der Waals surface area contributed by atoms with E-state index in [1.165, 1.54) is 17.3 Å². The largest absolute Gasteiger partial charge is 0.462 e. The summed E-state index contributed by atoms with van der Waals surface area (Å²) >= 11 is 3.23. The minimum atomic E-state index is -0.365. The first kappa shape index (κ1) is 13.5. The van der Waals surface area contributed by atoms with Gasteiger partial charge < -0.3 is 15.4 Å². The third kappa shape index (κ3) is 2.89. The molecule has 0 amide bonds. The van der Waals surface area contributed by atoms with E-state index < -0.39 is 0 Å². The first-order valence-corrected chi connectivity index (χ1v) is 7.91. The van der Waals surface area contributed by atoms with Gasteiger partial charge in [0.2, 0.25) is 0 Å². The van der Waals surface area contributed by atoms with Crippen LogP contribution in [0.3, 0.4) is 0 Å². The molecule has 7 heteroatoms. The maximum absolute atomic E-state index is 11.9. The number of aromatic nitrogens is 1. The Morgan fingerprint density at radius 2 is 2.33 bits per heavy atom. The van der Waals surface area contributed by atoms with Gasteiger partial charge in [0.25, 0.3) is 0 Å².